The van der Waals surface area contributed by atoms with Crippen LogP contribution in [0.1, 0.15) is 47.1 Å². The number of benzene rings is 1. The summed E-state index contributed by atoms with van der Waals surface area (Å²) in [6.07, 6.45) is 0. The molecule has 2 rings (SSSR count). The third kappa shape index (κ3) is 3.65. The number of thiazole rings is 1. The van der Waals surface area contributed by atoms with E-state index >= 15 is 0 Å². The molecule has 2 atom stereocenters. The third-order valence-electron chi connectivity index (χ3n) is 3.20. The van der Waals surface area contributed by atoms with E-state index < -0.39 is 0 Å². The Bertz CT molecular complexity index is 548. The van der Waals surface area contributed by atoms with Crippen LogP contribution in [0.5, 0.6) is 0 Å². The van der Waals surface area contributed by atoms with Crippen LogP contribution in [0.2, 0.25) is 0 Å². The molecule has 102 valence electrons. The van der Waals surface area contributed by atoms with Crippen LogP contribution in [0.4, 0.5) is 0 Å². The summed E-state index contributed by atoms with van der Waals surface area (Å²) in [7, 11) is 0. The van der Waals surface area contributed by atoms with E-state index in [9.17, 15) is 0 Å². The number of rotatable bonds is 4. The van der Waals surface area contributed by atoms with Crippen LogP contribution in [-0.4, -0.2) is 4.98 Å². The van der Waals surface area contributed by atoms with E-state index in [1.54, 1.807) is 11.3 Å². The Morgan fingerprint density at radius 2 is 1.74 bits per heavy atom. The third-order valence-corrected chi connectivity index (χ3v) is 4.99. The molecule has 2 aromatic rings. The molecule has 1 N–H and O–H groups in total. The van der Waals surface area contributed by atoms with E-state index in [4.69, 9.17) is 0 Å². The molecule has 1 unspecified atom stereocenters. The highest BCUT2D eigenvalue weighted by molar-refractivity contribution is 9.10. The minimum Gasteiger partial charge on any atom is -0.303 e. The monoisotopic (exact) mass is 338 g/mol. The number of nitrogens with zero attached hydrogens (tertiary/aromatic N) is 1. The number of hydrogen-bond acceptors (Lipinski definition) is 3. The molecule has 0 fully saturated rings. The van der Waals surface area contributed by atoms with Crippen LogP contribution in [0.3, 0.4) is 0 Å². The van der Waals surface area contributed by atoms with Crippen molar-refractivity contribution in [3.05, 3.63) is 49.9 Å². The summed E-state index contributed by atoms with van der Waals surface area (Å²) in [4.78, 5) is 5.83. The minimum atomic E-state index is 0.324. The van der Waals surface area contributed by atoms with Crippen LogP contribution in [-0.2, 0) is 0 Å². The molecule has 0 aliphatic rings. The minimum absolute atomic E-state index is 0.324. The molecule has 0 saturated carbocycles. The van der Waals surface area contributed by atoms with Crippen molar-refractivity contribution >= 4 is 27.3 Å². The predicted molar refractivity (Wildman–Crippen MR) is 85.7 cm³/mol. The van der Waals surface area contributed by atoms with Gasteiger partial charge in [-0.25, -0.2) is 4.98 Å². The van der Waals surface area contributed by atoms with Crippen molar-refractivity contribution in [3.8, 4) is 0 Å². The quantitative estimate of drug-likeness (QED) is 0.854. The van der Waals surface area contributed by atoms with Crippen molar-refractivity contribution in [2.24, 2.45) is 0 Å². The summed E-state index contributed by atoms with van der Waals surface area (Å²) >= 11 is 5.25. The molecule has 0 bridgehead atoms. The van der Waals surface area contributed by atoms with Crippen molar-refractivity contribution < 1.29 is 0 Å². The molecule has 1 heterocycles. The van der Waals surface area contributed by atoms with Gasteiger partial charge in [0.25, 0.3) is 0 Å². The Labute approximate surface area is 127 Å². The maximum absolute atomic E-state index is 4.50. The predicted octanol–water partition coefficient (Wildman–Crippen LogP) is 4.93. The number of aryl methyl sites for hydroxylation is 2. The number of halogens is 1. The summed E-state index contributed by atoms with van der Waals surface area (Å²) in [5.41, 5.74) is 2.44. The Morgan fingerprint density at radius 3 is 2.26 bits per heavy atom. The lowest BCUT2D eigenvalue weighted by atomic mass is 10.1. The van der Waals surface area contributed by atoms with Gasteiger partial charge < -0.3 is 5.32 Å². The van der Waals surface area contributed by atoms with Gasteiger partial charge in [0.2, 0.25) is 0 Å². The van der Waals surface area contributed by atoms with Gasteiger partial charge in [-0.3, -0.25) is 0 Å². The summed E-state index contributed by atoms with van der Waals surface area (Å²) < 4.78 is 1.12. The topological polar surface area (TPSA) is 24.9 Å². The summed E-state index contributed by atoms with van der Waals surface area (Å²) in [5.74, 6) is 0. The largest absolute Gasteiger partial charge is 0.303 e. The first-order valence-corrected chi connectivity index (χ1v) is 8.03. The second-order valence-corrected chi connectivity index (χ2v) is 6.99. The van der Waals surface area contributed by atoms with Gasteiger partial charge in [-0.05, 0) is 45.4 Å². The Hall–Kier alpha value is -0.710. The fourth-order valence-corrected chi connectivity index (χ4v) is 3.45. The maximum Gasteiger partial charge on any atom is 0.0900 e. The molecule has 0 aliphatic carbocycles. The molecule has 0 spiro atoms. The second kappa shape index (κ2) is 6.16. The molecule has 0 aliphatic heterocycles. The van der Waals surface area contributed by atoms with Gasteiger partial charge in [-0.2, -0.15) is 0 Å². The number of hydrogen-bond donors (Lipinski definition) is 1. The molecule has 0 amide bonds. The molecule has 0 radical (unpaired) electrons. The van der Waals surface area contributed by atoms with Crippen molar-refractivity contribution in [1.82, 2.24) is 10.3 Å². The first kappa shape index (κ1) is 14.7. The molecule has 1 aromatic heterocycles. The highest BCUT2D eigenvalue weighted by atomic mass is 79.9. The van der Waals surface area contributed by atoms with Crippen molar-refractivity contribution in [3.63, 3.8) is 0 Å². The average Bonchev–Trinajstić information content (AvgIpc) is 2.69. The summed E-state index contributed by atoms with van der Waals surface area (Å²) in [5, 5.41) is 4.78. The van der Waals surface area contributed by atoms with Crippen LogP contribution >= 0.6 is 27.3 Å². The Balaban J connectivity index is 2.08. The van der Waals surface area contributed by atoms with Crippen LogP contribution in [0, 0.1) is 13.8 Å². The summed E-state index contributed by atoms with van der Waals surface area (Å²) in [6.45, 7) is 8.55. The Kier molecular flexibility index (Phi) is 4.76. The first-order chi connectivity index (χ1) is 8.97. The lowest BCUT2D eigenvalue weighted by Crippen LogP contribution is -2.22. The molecule has 2 nitrogen and oxygen atoms in total. The molecule has 0 saturated heterocycles. The lowest BCUT2D eigenvalue weighted by molar-refractivity contribution is 0.498. The highest BCUT2D eigenvalue weighted by Gasteiger charge is 2.15. The van der Waals surface area contributed by atoms with E-state index in [-0.39, 0.29) is 0 Å². The van der Waals surface area contributed by atoms with Crippen molar-refractivity contribution in [2.45, 2.75) is 39.8 Å². The number of aromatic nitrogens is 1. The van der Waals surface area contributed by atoms with E-state index in [0.29, 0.717) is 12.1 Å². The second-order valence-electron chi connectivity index (χ2n) is 4.84. The van der Waals surface area contributed by atoms with E-state index in [1.165, 1.54) is 10.4 Å². The standard InChI is InChI=1S/C15H19BrN2S/c1-9(13-5-7-14(16)8-6-13)17-10(2)15-11(3)18-12(4)19-15/h5-10,17H,1-4H3/t9-,10?/m1/s1. The van der Waals surface area contributed by atoms with Gasteiger partial charge >= 0.3 is 0 Å². The van der Waals surface area contributed by atoms with E-state index in [2.05, 4.69) is 78.2 Å². The zero-order valence-electron chi connectivity index (χ0n) is 11.7. The highest BCUT2D eigenvalue weighted by Crippen LogP contribution is 2.27. The van der Waals surface area contributed by atoms with Gasteiger partial charge in [0.1, 0.15) is 0 Å². The smallest absolute Gasteiger partial charge is 0.0900 e. The van der Waals surface area contributed by atoms with Crippen LogP contribution < -0.4 is 5.32 Å². The van der Waals surface area contributed by atoms with E-state index in [1.807, 2.05) is 0 Å². The van der Waals surface area contributed by atoms with Crippen molar-refractivity contribution in [2.75, 3.05) is 0 Å². The number of nitrogens with one attached hydrogen (secondary N) is 1. The van der Waals surface area contributed by atoms with Crippen LogP contribution in [0.15, 0.2) is 28.7 Å². The molecule has 4 heteroatoms. The fourth-order valence-electron chi connectivity index (χ4n) is 2.25. The molecule has 19 heavy (non-hydrogen) atoms. The maximum atomic E-state index is 4.50. The van der Waals surface area contributed by atoms with Crippen LogP contribution in [0.25, 0.3) is 0 Å². The normalized spacial score (nSPS) is 14.4. The van der Waals surface area contributed by atoms with Gasteiger partial charge in [-0.15, -0.1) is 11.3 Å². The van der Waals surface area contributed by atoms with Gasteiger partial charge in [0.15, 0.2) is 0 Å². The van der Waals surface area contributed by atoms with Crippen molar-refractivity contribution in [1.29, 1.82) is 0 Å². The SMILES string of the molecule is Cc1nc(C)c(C(C)N[C@H](C)c2ccc(Br)cc2)s1. The van der Waals surface area contributed by atoms with Gasteiger partial charge in [0.05, 0.1) is 10.7 Å². The van der Waals surface area contributed by atoms with E-state index in [0.717, 1.165) is 15.2 Å². The molecular weight excluding hydrogens is 320 g/mol. The molecule has 1 aromatic carbocycles. The zero-order valence-corrected chi connectivity index (χ0v) is 14.1. The fraction of sp³-hybridized carbons (Fsp3) is 0.400. The zero-order chi connectivity index (χ0) is 14.0. The van der Waals surface area contributed by atoms with Gasteiger partial charge in [-0.1, -0.05) is 28.1 Å². The first-order valence-electron chi connectivity index (χ1n) is 6.43. The average molecular weight is 339 g/mol. The van der Waals surface area contributed by atoms with Gasteiger partial charge in [0, 0.05) is 21.4 Å². The Morgan fingerprint density at radius 1 is 1.11 bits per heavy atom. The lowest BCUT2D eigenvalue weighted by Gasteiger charge is -2.20. The summed E-state index contributed by atoms with van der Waals surface area (Å²) in [6, 6.07) is 9.12. The molecular formula is C15H19BrN2S.